The summed E-state index contributed by atoms with van der Waals surface area (Å²) in [5.41, 5.74) is 6.47. The maximum Gasteiger partial charge on any atom is 0.0525 e. The first-order valence-electron chi connectivity index (χ1n) is 11.3. The Morgan fingerprint density at radius 1 is 0.483 bits per heavy atom. The number of hydrogen-bond donors (Lipinski definition) is 0. The maximum atomic E-state index is 2.45. The molecule has 29 heavy (non-hydrogen) atoms. The normalized spacial score (nSPS) is 8.97. The van der Waals surface area contributed by atoms with Crippen LogP contribution in [0.3, 0.4) is 0 Å². The fourth-order valence-corrected chi connectivity index (χ4v) is 3.13. The minimum atomic E-state index is 1.00. The Balaban J connectivity index is 0.00000120. The third kappa shape index (κ3) is 7.42. The molecule has 1 heteroatoms. The summed E-state index contributed by atoms with van der Waals surface area (Å²) < 4.78 is 0. The third-order valence-electron chi connectivity index (χ3n) is 4.29. The molecule has 0 amide bonds. The van der Waals surface area contributed by atoms with Crippen LogP contribution in [0, 0.1) is 0 Å². The first-order chi connectivity index (χ1) is 14.3. The molecule has 0 saturated heterocycles. The standard InChI is InChI=1S/C22H23N.3C2H6/c1-3-23(4-2)22-20(18-12-7-5-8-13-18)16-11-17-21(22)19-14-9-6-10-15-19;3*1-2/h5-17H,3-4H2,1-2H3;3*1-2H3. The molecule has 3 aromatic carbocycles. The third-order valence-corrected chi connectivity index (χ3v) is 4.29. The SMILES string of the molecule is CC.CC.CC.CCN(CC)c1c(-c2ccccc2)cccc1-c1ccccc1. The van der Waals surface area contributed by atoms with E-state index in [4.69, 9.17) is 0 Å². The van der Waals surface area contributed by atoms with E-state index in [2.05, 4.69) is 97.6 Å². The Labute approximate surface area is 180 Å². The fourth-order valence-electron chi connectivity index (χ4n) is 3.13. The lowest BCUT2D eigenvalue weighted by Crippen LogP contribution is -2.23. The van der Waals surface area contributed by atoms with Crippen molar-refractivity contribution in [1.82, 2.24) is 0 Å². The molecular weight excluding hydrogens is 350 g/mol. The Bertz CT molecular complexity index is 686. The zero-order valence-electron chi connectivity index (χ0n) is 19.9. The summed E-state index contributed by atoms with van der Waals surface area (Å²) in [6.07, 6.45) is 0. The number of hydrogen-bond acceptors (Lipinski definition) is 1. The van der Waals surface area contributed by atoms with Gasteiger partial charge in [0.1, 0.15) is 0 Å². The Kier molecular flexibility index (Phi) is 15.0. The summed E-state index contributed by atoms with van der Waals surface area (Å²) in [5.74, 6) is 0. The fraction of sp³-hybridized carbons (Fsp3) is 0.357. The van der Waals surface area contributed by atoms with Crippen LogP contribution < -0.4 is 4.90 Å². The lowest BCUT2D eigenvalue weighted by Gasteiger charge is -2.27. The molecule has 3 rings (SSSR count). The van der Waals surface area contributed by atoms with Gasteiger partial charge in [-0.15, -0.1) is 0 Å². The molecule has 0 bridgehead atoms. The van der Waals surface area contributed by atoms with Crippen LogP contribution in [0.25, 0.3) is 22.3 Å². The lowest BCUT2D eigenvalue weighted by molar-refractivity contribution is 0.868. The monoisotopic (exact) mass is 391 g/mol. The first kappa shape index (κ1) is 26.5. The molecular formula is C28H41N. The van der Waals surface area contributed by atoms with E-state index in [1.807, 2.05) is 41.5 Å². The summed E-state index contributed by atoms with van der Waals surface area (Å²) in [5, 5.41) is 0. The zero-order chi connectivity index (χ0) is 22.1. The van der Waals surface area contributed by atoms with Crippen molar-refractivity contribution in [3.63, 3.8) is 0 Å². The van der Waals surface area contributed by atoms with Gasteiger partial charge in [-0.2, -0.15) is 0 Å². The smallest absolute Gasteiger partial charge is 0.0525 e. The average Bonchev–Trinajstić information content (AvgIpc) is 2.85. The number of rotatable bonds is 5. The van der Waals surface area contributed by atoms with Crippen molar-refractivity contribution in [2.75, 3.05) is 18.0 Å². The topological polar surface area (TPSA) is 3.24 Å². The van der Waals surface area contributed by atoms with Crippen molar-refractivity contribution in [3.8, 4) is 22.3 Å². The molecule has 0 aromatic heterocycles. The molecule has 0 heterocycles. The van der Waals surface area contributed by atoms with Gasteiger partial charge in [0.25, 0.3) is 0 Å². The second-order valence-corrected chi connectivity index (χ2v) is 5.61. The van der Waals surface area contributed by atoms with Crippen LogP contribution >= 0.6 is 0 Å². The molecule has 1 nitrogen and oxygen atoms in total. The summed E-state index contributed by atoms with van der Waals surface area (Å²) in [7, 11) is 0. The van der Waals surface area contributed by atoms with E-state index in [0.29, 0.717) is 0 Å². The maximum absolute atomic E-state index is 2.45. The van der Waals surface area contributed by atoms with Crippen LogP contribution in [-0.4, -0.2) is 13.1 Å². The molecule has 0 spiro atoms. The van der Waals surface area contributed by atoms with Gasteiger partial charge in [-0.05, 0) is 25.0 Å². The largest absolute Gasteiger partial charge is 0.371 e. The second-order valence-electron chi connectivity index (χ2n) is 5.61. The highest BCUT2D eigenvalue weighted by Gasteiger charge is 2.15. The molecule has 0 aliphatic carbocycles. The van der Waals surface area contributed by atoms with E-state index in [0.717, 1.165) is 13.1 Å². The van der Waals surface area contributed by atoms with Crippen LogP contribution in [-0.2, 0) is 0 Å². The molecule has 0 fully saturated rings. The number of anilines is 1. The van der Waals surface area contributed by atoms with Gasteiger partial charge >= 0.3 is 0 Å². The molecule has 158 valence electrons. The summed E-state index contributed by atoms with van der Waals surface area (Å²) in [6, 6.07) is 28.0. The van der Waals surface area contributed by atoms with Gasteiger partial charge in [0.2, 0.25) is 0 Å². The highest BCUT2D eigenvalue weighted by molar-refractivity contribution is 5.91. The van der Waals surface area contributed by atoms with Gasteiger partial charge in [0.05, 0.1) is 5.69 Å². The molecule has 0 aliphatic heterocycles. The van der Waals surface area contributed by atoms with Crippen LogP contribution in [0.2, 0.25) is 0 Å². The van der Waals surface area contributed by atoms with Gasteiger partial charge in [0.15, 0.2) is 0 Å². The lowest BCUT2D eigenvalue weighted by atomic mass is 9.95. The van der Waals surface area contributed by atoms with Gasteiger partial charge in [-0.25, -0.2) is 0 Å². The minimum Gasteiger partial charge on any atom is -0.371 e. The number of para-hydroxylation sites is 1. The molecule has 0 N–H and O–H groups in total. The van der Waals surface area contributed by atoms with E-state index >= 15 is 0 Å². The number of nitrogens with zero attached hydrogens (tertiary/aromatic N) is 1. The average molecular weight is 392 g/mol. The van der Waals surface area contributed by atoms with Crippen LogP contribution in [0.15, 0.2) is 78.9 Å². The first-order valence-corrected chi connectivity index (χ1v) is 11.3. The van der Waals surface area contributed by atoms with Gasteiger partial charge in [0, 0.05) is 24.2 Å². The number of benzene rings is 3. The highest BCUT2D eigenvalue weighted by atomic mass is 15.1. The molecule has 0 atom stereocenters. The van der Waals surface area contributed by atoms with E-state index in [9.17, 15) is 0 Å². The summed E-state index contributed by atoms with van der Waals surface area (Å²) in [6.45, 7) is 18.4. The van der Waals surface area contributed by atoms with Crippen LogP contribution in [0.1, 0.15) is 55.4 Å². The van der Waals surface area contributed by atoms with Crippen molar-refractivity contribution in [3.05, 3.63) is 78.9 Å². The van der Waals surface area contributed by atoms with E-state index in [1.165, 1.54) is 27.9 Å². The minimum absolute atomic E-state index is 1.00. The molecule has 3 aromatic rings. The van der Waals surface area contributed by atoms with Crippen molar-refractivity contribution >= 4 is 5.69 Å². The quantitative estimate of drug-likeness (QED) is 0.419. The van der Waals surface area contributed by atoms with Crippen LogP contribution in [0.5, 0.6) is 0 Å². The van der Waals surface area contributed by atoms with E-state index in [-0.39, 0.29) is 0 Å². The molecule has 0 radical (unpaired) electrons. The van der Waals surface area contributed by atoms with Gasteiger partial charge < -0.3 is 4.90 Å². The predicted molar refractivity (Wildman–Crippen MR) is 135 cm³/mol. The highest BCUT2D eigenvalue weighted by Crippen LogP contribution is 2.39. The van der Waals surface area contributed by atoms with Gasteiger partial charge in [-0.3, -0.25) is 0 Å². The second kappa shape index (κ2) is 16.4. The van der Waals surface area contributed by atoms with Crippen LogP contribution in [0.4, 0.5) is 5.69 Å². The van der Waals surface area contributed by atoms with Crippen molar-refractivity contribution in [2.24, 2.45) is 0 Å². The summed E-state index contributed by atoms with van der Waals surface area (Å²) in [4.78, 5) is 2.45. The molecule has 0 unspecified atom stereocenters. The predicted octanol–water partition coefficient (Wildman–Crippen LogP) is 8.95. The molecule has 0 saturated carbocycles. The van der Waals surface area contributed by atoms with Crippen molar-refractivity contribution < 1.29 is 0 Å². The Hall–Kier alpha value is -2.54. The van der Waals surface area contributed by atoms with Gasteiger partial charge in [-0.1, -0.05) is 120 Å². The zero-order valence-corrected chi connectivity index (χ0v) is 19.9. The van der Waals surface area contributed by atoms with E-state index < -0.39 is 0 Å². The van der Waals surface area contributed by atoms with Crippen molar-refractivity contribution in [2.45, 2.75) is 55.4 Å². The van der Waals surface area contributed by atoms with Crippen molar-refractivity contribution in [1.29, 1.82) is 0 Å². The Morgan fingerprint density at radius 3 is 1.14 bits per heavy atom. The Morgan fingerprint density at radius 2 is 0.828 bits per heavy atom. The molecule has 0 aliphatic rings. The summed E-state index contributed by atoms with van der Waals surface area (Å²) >= 11 is 0. The van der Waals surface area contributed by atoms with E-state index in [1.54, 1.807) is 0 Å².